The van der Waals surface area contributed by atoms with Crippen LogP contribution in [-0.2, 0) is 17.6 Å². The summed E-state index contributed by atoms with van der Waals surface area (Å²) >= 11 is 1.37. The van der Waals surface area contributed by atoms with Gasteiger partial charge in [-0.2, -0.15) is 0 Å². The smallest absolute Gasteiger partial charge is 0.221 e. The number of carbonyl (C=O) groups excluding carboxylic acids is 2. The molecule has 0 saturated heterocycles. The molecule has 5 heteroatoms. The Kier molecular flexibility index (Phi) is 3.19. The molecule has 1 aromatic rings. The summed E-state index contributed by atoms with van der Waals surface area (Å²) in [5.41, 5.74) is 1.05. The Bertz CT molecular complexity index is 478. The number of anilines is 1. The third kappa shape index (κ3) is 2.34. The first-order chi connectivity index (χ1) is 7.99. The van der Waals surface area contributed by atoms with Crippen molar-refractivity contribution in [2.45, 2.75) is 33.1 Å². The summed E-state index contributed by atoms with van der Waals surface area (Å²) in [6.45, 7) is 3.53. The average molecular weight is 252 g/mol. The van der Waals surface area contributed by atoms with Gasteiger partial charge in [0.1, 0.15) is 5.00 Å². The predicted octanol–water partition coefficient (Wildman–Crippen LogP) is 1.19. The Morgan fingerprint density at radius 2 is 2.18 bits per heavy atom. The zero-order chi connectivity index (χ0) is 12.6. The third-order valence-electron chi connectivity index (χ3n) is 3.01. The predicted molar refractivity (Wildman–Crippen MR) is 64.1 cm³/mol. The number of thiophene rings is 1. The topological polar surface area (TPSA) is 69.2 Å². The van der Waals surface area contributed by atoms with Gasteiger partial charge in [0.25, 0.3) is 0 Å². The summed E-state index contributed by atoms with van der Waals surface area (Å²) in [5, 5.41) is 14.2. The molecular formula is C12H14NO3S-. The van der Waals surface area contributed by atoms with E-state index in [0.717, 1.165) is 29.7 Å². The maximum absolute atomic E-state index is 11.2. The van der Waals surface area contributed by atoms with Gasteiger partial charge in [0.2, 0.25) is 5.91 Å². The minimum Gasteiger partial charge on any atom is -0.545 e. The number of hydrogen-bond donors (Lipinski definition) is 1. The molecule has 0 aliphatic heterocycles. The number of hydrogen-bond acceptors (Lipinski definition) is 4. The molecule has 1 aromatic heterocycles. The van der Waals surface area contributed by atoms with Crippen LogP contribution >= 0.6 is 11.3 Å². The number of carbonyl (C=O) groups is 2. The van der Waals surface area contributed by atoms with Gasteiger partial charge in [0.15, 0.2) is 0 Å². The molecule has 4 nitrogen and oxygen atoms in total. The van der Waals surface area contributed by atoms with Crippen molar-refractivity contribution < 1.29 is 14.7 Å². The van der Waals surface area contributed by atoms with E-state index in [2.05, 4.69) is 12.2 Å². The van der Waals surface area contributed by atoms with Gasteiger partial charge >= 0.3 is 0 Å². The van der Waals surface area contributed by atoms with Crippen LogP contribution in [0.4, 0.5) is 5.00 Å². The van der Waals surface area contributed by atoms with Crippen LogP contribution in [0.15, 0.2) is 0 Å². The normalized spacial score (nSPS) is 18.6. The summed E-state index contributed by atoms with van der Waals surface area (Å²) in [4.78, 5) is 23.3. The standard InChI is InChI=1S/C12H15NO3S/c1-6-3-4-8-9(5-6)17-11(13-7(2)14)10(8)12(15)16/h6H,3-5H2,1-2H3,(H,13,14)(H,15,16)/p-1/t6-/m0/s1. The fourth-order valence-corrected chi connectivity index (χ4v) is 3.66. The minimum absolute atomic E-state index is 0.187. The minimum atomic E-state index is -1.19. The quantitative estimate of drug-likeness (QED) is 0.859. The summed E-state index contributed by atoms with van der Waals surface area (Å²) in [6.07, 6.45) is 2.64. The van der Waals surface area contributed by atoms with Gasteiger partial charge in [-0.15, -0.1) is 11.3 Å². The largest absolute Gasteiger partial charge is 0.545 e. The van der Waals surface area contributed by atoms with E-state index in [-0.39, 0.29) is 11.5 Å². The molecule has 1 aliphatic carbocycles. The lowest BCUT2D eigenvalue weighted by Crippen LogP contribution is -2.25. The highest BCUT2D eigenvalue weighted by Crippen LogP contribution is 2.39. The van der Waals surface area contributed by atoms with Gasteiger partial charge in [0.05, 0.1) is 5.97 Å². The van der Waals surface area contributed by atoms with E-state index in [4.69, 9.17) is 0 Å². The zero-order valence-electron chi connectivity index (χ0n) is 9.83. The second-order valence-electron chi connectivity index (χ2n) is 4.52. The number of nitrogens with one attached hydrogen (secondary N) is 1. The van der Waals surface area contributed by atoms with Gasteiger partial charge in [-0.05, 0) is 30.7 Å². The number of amides is 1. The Hall–Kier alpha value is -1.36. The zero-order valence-corrected chi connectivity index (χ0v) is 10.6. The lowest BCUT2D eigenvalue weighted by atomic mass is 9.88. The summed E-state index contributed by atoms with van der Waals surface area (Å²) in [7, 11) is 0. The van der Waals surface area contributed by atoms with E-state index >= 15 is 0 Å². The fraction of sp³-hybridized carbons (Fsp3) is 0.500. The van der Waals surface area contributed by atoms with Crippen molar-refractivity contribution in [3.63, 3.8) is 0 Å². The molecule has 1 atom stereocenters. The molecule has 1 amide bonds. The third-order valence-corrected chi connectivity index (χ3v) is 4.18. The summed E-state index contributed by atoms with van der Waals surface area (Å²) in [6, 6.07) is 0. The molecule has 2 rings (SSSR count). The second-order valence-corrected chi connectivity index (χ2v) is 5.63. The van der Waals surface area contributed by atoms with Crippen LogP contribution in [0, 0.1) is 5.92 Å². The van der Waals surface area contributed by atoms with Gasteiger partial charge in [-0.1, -0.05) is 6.92 Å². The van der Waals surface area contributed by atoms with Crippen molar-refractivity contribution in [1.82, 2.24) is 0 Å². The molecule has 17 heavy (non-hydrogen) atoms. The maximum Gasteiger partial charge on any atom is 0.221 e. The first-order valence-electron chi connectivity index (χ1n) is 5.62. The van der Waals surface area contributed by atoms with Crippen molar-refractivity contribution in [2.75, 3.05) is 5.32 Å². The van der Waals surface area contributed by atoms with Crippen LogP contribution in [0.25, 0.3) is 0 Å². The molecule has 92 valence electrons. The maximum atomic E-state index is 11.2. The van der Waals surface area contributed by atoms with Crippen molar-refractivity contribution in [1.29, 1.82) is 0 Å². The fourth-order valence-electron chi connectivity index (χ4n) is 2.21. The van der Waals surface area contributed by atoms with Crippen LogP contribution in [0.5, 0.6) is 0 Å². The SMILES string of the molecule is CC(=O)Nc1sc2c(c1C(=O)[O-])CC[C@H](C)C2. The number of rotatable bonds is 2. The molecule has 0 unspecified atom stereocenters. The molecule has 1 aliphatic rings. The molecule has 0 fully saturated rings. The molecule has 0 saturated carbocycles. The molecule has 0 spiro atoms. The second kappa shape index (κ2) is 4.49. The summed E-state index contributed by atoms with van der Waals surface area (Å²) < 4.78 is 0. The van der Waals surface area contributed by atoms with E-state index in [0.29, 0.717) is 10.9 Å². The van der Waals surface area contributed by atoms with E-state index in [1.807, 2.05) is 0 Å². The molecule has 0 aromatic carbocycles. The molecule has 0 bridgehead atoms. The van der Waals surface area contributed by atoms with Crippen molar-refractivity contribution in [2.24, 2.45) is 5.92 Å². The lowest BCUT2D eigenvalue weighted by Gasteiger charge is -2.19. The molecule has 1 N–H and O–H groups in total. The number of carboxylic acids is 1. The Morgan fingerprint density at radius 1 is 1.47 bits per heavy atom. The monoisotopic (exact) mass is 252 g/mol. The highest BCUT2D eigenvalue weighted by Gasteiger charge is 2.24. The van der Waals surface area contributed by atoms with Gasteiger partial charge in [-0.25, -0.2) is 0 Å². The van der Waals surface area contributed by atoms with Crippen LogP contribution in [-0.4, -0.2) is 11.9 Å². The molecule has 0 radical (unpaired) electrons. The van der Waals surface area contributed by atoms with Gasteiger partial charge in [-0.3, -0.25) is 4.79 Å². The van der Waals surface area contributed by atoms with Gasteiger partial charge in [0, 0.05) is 17.4 Å². The average Bonchev–Trinajstić information content (AvgIpc) is 2.53. The highest BCUT2D eigenvalue weighted by molar-refractivity contribution is 7.17. The van der Waals surface area contributed by atoms with Crippen LogP contribution in [0.2, 0.25) is 0 Å². The first-order valence-corrected chi connectivity index (χ1v) is 6.44. The molecule has 1 heterocycles. The number of carboxylic acid groups (broad SMARTS) is 1. The highest BCUT2D eigenvalue weighted by atomic mass is 32.1. The van der Waals surface area contributed by atoms with Gasteiger partial charge < -0.3 is 15.2 Å². The van der Waals surface area contributed by atoms with Crippen molar-refractivity contribution >= 4 is 28.2 Å². The number of fused-ring (bicyclic) bond motifs is 1. The Balaban J connectivity index is 2.46. The Labute approximate surface area is 104 Å². The van der Waals surface area contributed by atoms with E-state index in [9.17, 15) is 14.7 Å². The lowest BCUT2D eigenvalue weighted by molar-refractivity contribution is -0.254. The van der Waals surface area contributed by atoms with Crippen LogP contribution < -0.4 is 10.4 Å². The Morgan fingerprint density at radius 3 is 2.76 bits per heavy atom. The van der Waals surface area contributed by atoms with Crippen LogP contribution in [0.1, 0.15) is 41.1 Å². The summed E-state index contributed by atoms with van der Waals surface area (Å²) in [5.74, 6) is -0.874. The molecular weight excluding hydrogens is 238 g/mol. The van der Waals surface area contributed by atoms with Crippen molar-refractivity contribution in [3.05, 3.63) is 16.0 Å². The first kappa shape index (κ1) is 12.1. The van der Waals surface area contributed by atoms with Crippen molar-refractivity contribution in [3.8, 4) is 0 Å². The van der Waals surface area contributed by atoms with E-state index < -0.39 is 5.97 Å². The number of aromatic carboxylic acids is 1. The van der Waals surface area contributed by atoms with Crippen LogP contribution in [0.3, 0.4) is 0 Å². The van der Waals surface area contributed by atoms with E-state index in [1.165, 1.54) is 18.3 Å². The van der Waals surface area contributed by atoms with E-state index in [1.54, 1.807) is 0 Å².